The van der Waals surface area contributed by atoms with Gasteiger partial charge in [0.25, 0.3) is 0 Å². The van der Waals surface area contributed by atoms with E-state index in [1.165, 1.54) is 0 Å². The molecule has 0 aromatic heterocycles. The van der Waals surface area contributed by atoms with E-state index in [0.717, 1.165) is 0 Å². The summed E-state index contributed by atoms with van der Waals surface area (Å²) < 4.78 is 205. The molecule has 25 heteroatoms. The average molecular weight is 730 g/mol. The van der Waals surface area contributed by atoms with E-state index in [1.54, 1.807) is 0 Å². The molecule has 0 saturated carbocycles. The van der Waals surface area contributed by atoms with Crippen molar-refractivity contribution < 1.29 is 129 Å². The van der Waals surface area contributed by atoms with Crippen molar-refractivity contribution in [1.82, 2.24) is 0 Å². The zero-order valence-corrected chi connectivity index (χ0v) is 19.2. The number of aliphatic hydroxyl groups excluding tert-OH is 6. The van der Waals surface area contributed by atoms with Crippen LogP contribution in [0.15, 0.2) is 0 Å². The summed E-state index contributed by atoms with van der Waals surface area (Å²) in [5, 5.41) is 47.8. The van der Waals surface area contributed by atoms with Gasteiger partial charge in [-0.1, -0.05) is 0 Å². The van der Waals surface area contributed by atoms with Gasteiger partial charge >= 0.3 is 37.1 Å². The molecule has 40 heavy (non-hydrogen) atoms. The number of rotatable bonds is 6. The monoisotopic (exact) mass is 730 g/mol. The summed E-state index contributed by atoms with van der Waals surface area (Å²) >= 11 is 0. The van der Waals surface area contributed by atoms with E-state index in [9.17, 15) is 79.0 Å². The molecule has 0 aromatic carbocycles. The smallest absolute Gasteiger partial charge is 0.378 e. The molecule has 0 aliphatic carbocycles. The Morgan fingerprint density at radius 2 is 0.350 bits per heavy atom. The molecule has 0 aliphatic rings. The standard InChI is InChI=1S/3C5H3F6O2.Rh/c3*6-4(7,8)2(12)1-3(13)5(9,10)11;/h3*1,12-13H;. The van der Waals surface area contributed by atoms with Gasteiger partial charge in [0.1, 0.15) is 0 Å². The van der Waals surface area contributed by atoms with Gasteiger partial charge in [0.15, 0.2) is 0 Å². The summed E-state index contributed by atoms with van der Waals surface area (Å²) in [7, 11) is 0. The second kappa shape index (κ2) is 16.7. The van der Waals surface area contributed by atoms with E-state index < -0.39 is 92.9 Å². The van der Waals surface area contributed by atoms with Crippen molar-refractivity contribution in [2.45, 2.75) is 37.1 Å². The average Bonchev–Trinajstić information content (AvgIpc) is 2.64. The Bertz CT molecular complexity index is 527. The van der Waals surface area contributed by atoms with Crippen molar-refractivity contribution >= 4 is 0 Å². The van der Waals surface area contributed by atoms with E-state index in [1.807, 2.05) is 0 Å². The predicted molar refractivity (Wildman–Crippen MR) is 80.3 cm³/mol. The van der Waals surface area contributed by atoms with Crippen LogP contribution in [0.4, 0.5) is 79.0 Å². The maximum Gasteiger partial charge on any atom is 0.420 e. The normalized spacial score (nSPS) is 13.9. The molecule has 240 valence electrons. The van der Waals surface area contributed by atoms with Gasteiger partial charge in [-0.2, -0.15) is 79.0 Å². The van der Waals surface area contributed by atoms with Crippen LogP contribution in [-0.4, -0.2) is 67.7 Å². The molecule has 10 radical (unpaired) electrons. The minimum absolute atomic E-state index is 0. The second-order valence-corrected chi connectivity index (χ2v) is 5.73. The third-order valence-corrected chi connectivity index (χ3v) is 2.56. The van der Waals surface area contributed by atoms with E-state index in [4.69, 9.17) is 30.6 Å². The fourth-order valence-electron chi connectivity index (χ4n) is 0.879. The molecular weight excluding hydrogens is 721 g/mol. The Morgan fingerprint density at radius 1 is 0.275 bits per heavy atom. The molecule has 0 heterocycles. The first kappa shape index (κ1) is 46.1. The first-order chi connectivity index (χ1) is 16.6. The molecule has 0 saturated heterocycles. The fourth-order valence-corrected chi connectivity index (χ4v) is 0.879. The summed E-state index contributed by atoms with van der Waals surface area (Å²) in [6.07, 6.45) is -49.3. The van der Waals surface area contributed by atoms with Crippen LogP contribution in [0.2, 0.25) is 0 Å². The third kappa shape index (κ3) is 21.8. The molecule has 0 amide bonds. The van der Waals surface area contributed by atoms with Gasteiger partial charge in [0.05, 0.1) is 19.3 Å². The van der Waals surface area contributed by atoms with Crippen molar-refractivity contribution in [3.63, 3.8) is 0 Å². The largest absolute Gasteiger partial charge is 0.420 e. The van der Waals surface area contributed by atoms with E-state index in [-0.39, 0.29) is 19.5 Å². The van der Waals surface area contributed by atoms with Crippen LogP contribution in [0.25, 0.3) is 0 Å². The van der Waals surface area contributed by atoms with Gasteiger partial charge in [-0.05, 0) is 0 Å². The van der Waals surface area contributed by atoms with Crippen LogP contribution >= 0.6 is 0 Å². The Labute approximate surface area is 222 Å². The van der Waals surface area contributed by atoms with E-state index >= 15 is 0 Å². The van der Waals surface area contributed by atoms with Crippen LogP contribution in [0.1, 0.15) is 0 Å². The minimum atomic E-state index is -5.31. The Morgan fingerprint density at radius 3 is 0.400 bits per heavy atom. The molecule has 0 spiro atoms. The molecule has 0 fully saturated rings. The van der Waals surface area contributed by atoms with Crippen LogP contribution in [-0.2, 0) is 19.5 Å². The van der Waals surface area contributed by atoms with Gasteiger partial charge < -0.3 is 30.6 Å². The van der Waals surface area contributed by atoms with Crippen molar-refractivity contribution in [1.29, 1.82) is 0 Å². The number of aliphatic hydroxyl groups is 6. The van der Waals surface area contributed by atoms with Gasteiger partial charge in [-0.25, -0.2) is 0 Å². The van der Waals surface area contributed by atoms with Gasteiger partial charge in [-0.3, -0.25) is 0 Å². The topological polar surface area (TPSA) is 121 Å². The van der Waals surface area contributed by atoms with Crippen LogP contribution in [0.5, 0.6) is 0 Å². The first-order valence-electron chi connectivity index (χ1n) is 7.98. The van der Waals surface area contributed by atoms with Crippen molar-refractivity contribution in [3.05, 3.63) is 55.9 Å². The van der Waals surface area contributed by atoms with Crippen molar-refractivity contribution in [3.8, 4) is 0 Å². The molecule has 0 rings (SSSR count). The summed E-state index contributed by atoms with van der Waals surface area (Å²) in [5.41, 5.74) is 0. The van der Waals surface area contributed by atoms with Crippen molar-refractivity contribution in [2.75, 3.05) is 0 Å². The molecule has 6 N–H and O–H groups in total. The Balaban J connectivity index is -0.000000240. The molecular formula is C15H9F18O6Rh. The van der Waals surface area contributed by atoms with Crippen LogP contribution in [0.3, 0.4) is 0 Å². The molecule has 0 unspecified atom stereocenters. The number of halogens is 18. The van der Waals surface area contributed by atoms with Crippen molar-refractivity contribution in [2.24, 2.45) is 0 Å². The fraction of sp³-hybridized carbons (Fsp3) is 0.400. The molecule has 6 nitrogen and oxygen atoms in total. The predicted octanol–water partition coefficient (Wildman–Crippen LogP) is 6.37. The Hall–Kier alpha value is -0.877. The van der Waals surface area contributed by atoms with E-state index in [0.29, 0.717) is 0 Å². The summed E-state index contributed by atoms with van der Waals surface area (Å²) in [6.45, 7) is 0. The van der Waals surface area contributed by atoms with E-state index in [2.05, 4.69) is 0 Å². The maximum absolute atomic E-state index is 11.4. The minimum Gasteiger partial charge on any atom is -0.378 e. The van der Waals surface area contributed by atoms with Crippen LogP contribution < -0.4 is 0 Å². The Kier molecular flexibility index (Phi) is 19.2. The second-order valence-electron chi connectivity index (χ2n) is 5.73. The molecule has 0 aliphatic heterocycles. The van der Waals surface area contributed by atoms with Gasteiger partial charge in [0.2, 0.25) is 36.6 Å². The van der Waals surface area contributed by atoms with Crippen LogP contribution in [0, 0.1) is 55.9 Å². The first-order valence-corrected chi connectivity index (χ1v) is 7.98. The van der Waals surface area contributed by atoms with Gasteiger partial charge in [-0.15, -0.1) is 0 Å². The third-order valence-electron chi connectivity index (χ3n) is 2.56. The summed E-state index contributed by atoms with van der Waals surface area (Å²) in [4.78, 5) is 0. The molecule has 0 atom stereocenters. The zero-order chi connectivity index (χ0) is 32.6. The maximum atomic E-state index is 11.4. The number of hydrogen-bond donors (Lipinski definition) is 6. The summed E-state index contributed by atoms with van der Waals surface area (Å²) in [5.74, 6) is 0. The SMILES string of the molecule is O[C]([CH][C](O)C(F)(F)F)C(F)(F)F.O[C]([CH][C](O)C(F)(F)F)C(F)(F)F.O[C]([CH][C](O)C(F)(F)F)C(F)(F)F.[Rh]. The quantitative estimate of drug-likeness (QED) is 0.140. The van der Waals surface area contributed by atoms with Gasteiger partial charge in [0, 0.05) is 19.5 Å². The number of hydrogen-bond acceptors (Lipinski definition) is 6. The zero-order valence-electron chi connectivity index (χ0n) is 17.6. The summed E-state index contributed by atoms with van der Waals surface area (Å²) in [6, 6.07) is 0. The number of alkyl halides is 18. The molecule has 0 aromatic rings. The molecule has 0 bridgehead atoms.